The van der Waals surface area contributed by atoms with E-state index in [0.29, 0.717) is 33.1 Å². The highest BCUT2D eigenvalue weighted by molar-refractivity contribution is 6.30. The second-order valence-corrected chi connectivity index (χ2v) is 6.88. The molecule has 4 rings (SSSR count). The van der Waals surface area contributed by atoms with Gasteiger partial charge in [0.05, 0.1) is 0 Å². The molecule has 1 N–H and O–H groups in total. The summed E-state index contributed by atoms with van der Waals surface area (Å²) in [4.78, 5) is 16.8. The van der Waals surface area contributed by atoms with Gasteiger partial charge in [-0.2, -0.15) is 4.98 Å². The number of carbonyl (C=O) groups is 1. The van der Waals surface area contributed by atoms with Crippen LogP contribution in [0.1, 0.15) is 0 Å². The molecule has 6 nitrogen and oxygen atoms in total. The SMILES string of the molecule is O=C(Cn1cccc1-c1nc(-c2ccc(Cl)cc2)no1)Nc1ccc(Cl)cc1. The van der Waals surface area contributed by atoms with Gasteiger partial charge >= 0.3 is 0 Å². The zero-order valence-electron chi connectivity index (χ0n) is 14.5. The molecule has 8 heteroatoms. The summed E-state index contributed by atoms with van der Waals surface area (Å²) in [5, 5.41) is 8.08. The Balaban J connectivity index is 1.50. The van der Waals surface area contributed by atoms with Gasteiger partial charge in [0.1, 0.15) is 12.2 Å². The number of anilines is 1. The molecule has 140 valence electrons. The molecule has 4 aromatic rings. The van der Waals surface area contributed by atoms with Crippen molar-refractivity contribution in [2.45, 2.75) is 6.54 Å². The highest BCUT2D eigenvalue weighted by Crippen LogP contribution is 2.24. The van der Waals surface area contributed by atoms with E-state index in [9.17, 15) is 4.79 Å². The van der Waals surface area contributed by atoms with Crippen LogP contribution in [0.2, 0.25) is 10.0 Å². The van der Waals surface area contributed by atoms with Crippen molar-refractivity contribution in [3.8, 4) is 23.0 Å². The first kappa shape index (κ1) is 18.3. The molecule has 28 heavy (non-hydrogen) atoms. The minimum absolute atomic E-state index is 0.101. The third-order valence-electron chi connectivity index (χ3n) is 4.02. The number of hydrogen-bond acceptors (Lipinski definition) is 4. The van der Waals surface area contributed by atoms with Crippen LogP contribution in [-0.4, -0.2) is 20.6 Å². The molecule has 0 aliphatic heterocycles. The van der Waals surface area contributed by atoms with Crippen molar-refractivity contribution in [3.63, 3.8) is 0 Å². The van der Waals surface area contributed by atoms with Crippen LogP contribution in [0.5, 0.6) is 0 Å². The van der Waals surface area contributed by atoms with Gasteiger partial charge in [-0.1, -0.05) is 28.4 Å². The Labute approximate surface area is 170 Å². The van der Waals surface area contributed by atoms with Crippen LogP contribution in [0, 0.1) is 0 Å². The second kappa shape index (κ2) is 7.88. The van der Waals surface area contributed by atoms with Gasteiger partial charge in [-0.15, -0.1) is 0 Å². The van der Waals surface area contributed by atoms with Gasteiger partial charge < -0.3 is 14.4 Å². The van der Waals surface area contributed by atoms with Crippen molar-refractivity contribution in [1.29, 1.82) is 0 Å². The van der Waals surface area contributed by atoms with E-state index in [1.807, 2.05) is 24.3 Å². The summed E-state index contributed by atoms with van der Waals surface area (Å²) < 4.78 is 7.13. The van der Waals surface area contributed by atoms with Crippen LogP contribution < -0.4 is 5.32 Å². The Morgan fingerprint density at radius 2 is 1.68 bits per heavy atom. The Hall–Kier alpha value is -3.09. The average Bonchev–Trinajstić information content (AvgIpc) is 3.33. The van der Waals surface area contributed by atoms with Gasteiger partial charge in [0.15, 0.2) is 0 Å². The van der Waals surface area contributed by atoms with E-state index >= 15 is 0 Å². The van der Waals surface area contributed by atoms with Crippen LogP contribution in [0.25, 0.3) is 23.0 Å². The Kier molecular flexibility index (Phi) is 5.14. The van der Waals surface area contributed by atoms with E-state index in [4.69, 9.17) is 27.7 Å². The number of nitrogens with one attached hydrogen (secondary N) is 1. The molecule has 2 aromatic carbocycles. The summed E-state index contributed by atoms with van der Waals surface area (Å²) in [5.41, 5.74) is 2.11. The van der Waals surface area contributed by atoms with E-state index in [-0.39, 0.29) is 12.5 Å². The van der Waals surface area contributed by atoms with E-state index in [2.05, 4.69) is 15.5 Å². The molecule has 0 spiro atoms. The quantitative estimate of drug-likeness (QED) is 0.491. The smallest absolute Gasteiger partial charge is 0.274 e. The predicted molar refractivity (Wildman–Crippen MR) is 108 cm³/mol. The lowest BCUT2D eigenvalue weighted by atomic mass is 10.2. The molecular formula is C20H14Cl2N4O2. The zero-order valence-corrected chi connectivity index (χ0v) is 16.0. The molecule has 0 fully saturated rings. The topological polar surface area (TPSA) is 73.0 Å². The van der Waals surface area contributed by atoms with Crippen LogP contribution in [0.4, 0.5) is 5.69 Å². The van der Waals surface area contributed by atoms with Crippen molar-refractivity contribution < 1.29 is 9.32 Å². The van der Waals surface area contributed by atoms with Crippen molar-refractivity contribution in [2.24, 2.45) is 0 Å². The van der Waals surface area contributed by atoms with Gasteiger partial charge in [-0.25, -0.2) is 0 Å². The van der Waals surface area contributed by atoms with Gasteiger partial charge in [-0.3, -0.25) is 4.79 Å². The van der Waals surface area contributed by atoms with E-state index in [1.165, 1.54) is 0 Å². The summed E-state index contributed by atoms with van der Waals surface area (Å²) in [6, 6.07) is 17.7. The Bertz CT molecular complexity index is 1100. The fourth-order valence-electron chi connectivity index (χ4n) is 2.68. The van der Waals surface area contributed by atoms with Crippen molar-refractivity contribution in [2.75, 3.05) is 5.32 Å². The fourth-order valence-corrected chi connectivity index (χ4v) is 2.93. The molecule has 2 heterocycles. The first-order valence-corrected chi connectivity index (χ1v) is 9.15. The maximum atomic E-state index is 12.4. The van der Waals surface area contributed by atoms with E-state index in [1.54, 1.807) is 47.2 Å². The second-order valence-electron chi connectivity index (χ2n) is 6.01. The molecule has 0 aliphatic carbocycles. The molecule has 0 atom stereocenters. The number of hydrogen-bond donors (Lipinski definition) is 1. The number of amides is 1. The summed E-state index contributed by atoms with van der Waals surface area (Å²) in [6.07, 6.45) is 1.78. The number of rotatable bonds is 5. The highest BCUT2D eigenvalue weighted by Gasteiger charge is 2.15. The number of halogens is 2. The van der Waals surface area contributed by atoms with E-state index < -0.39 is 0 Å². The molecule has 0 unspecified atom stereocenters. The predicted octanol–water partition coefficient (Wildman–Crippen LogP) is 5.15. The van der Waals surface area contributed by atoms with Gasteiger partial charge in [0.25, 0.3) is 5.89 Å². The molecule has 0 saturated heterocycles. The molecular weight excluding hydrogens is 399 g/mol. The molecule has 1 amide bonds. The first-order valence-electron chi connectivity index (χ1n) is 8.39. The Morgan fingerprint density at radius 3 is 2.39 bits per heavy atom. The number of carbonyl (C=O) groups excluding carboxylic acids is 1. The van der Waals surface area contributed by atoms with Crippen molar-refractivity contribution in [3.05, 3.63) is 76.9 Å². The normalized spacial score (nSPS) is 10.8. The van der Waals surface area contributed by atoms with Gasteiger partial charge in [0.2, 0.25) is 11.7 Å². The van der Waals surface area contributed by atoms with Gasteiger partial charge in [-0.05, 0) is 60.7 Å². The van der Waals surface area contributed by atoms with Crippen LogP contribution >= 0.6 is 23.2 Å². The standard InChI is InChI=1S/C20H14Cl2N4O2/c21-14-5-3-13(4-6-14)19-24-20(28-25-19)17-2-1-11-26(17)12-18(27)23-16-9-7-15(22)8-10-16/h1-11H,12H2,(H,23,27). The minimum atomic E-state index is -0.183. The van der Waals surface area contributed by atoms with Crippen molar-refractivity contribution in [1.82, 2.24) is 14.7 Å². The summed E-state index contributed by atoms with van der Waals surface area (Å²) >= 11 is 11.8. The number of aromatic nitrogens is 3. The largest absolute Gasteiger partial charge is 0.334 e. The van der Waals surface area contributed by atoms with E-state index in [0.717, 1.165) is 5.56 Å². The summed E-state index contributed by atoms with van der Waals surface area (Å²) in [5.74, 6) is 0.594. The Morgan fingerprint density at radius 1 is 1.00 bits per heavy atom. The molecule has 0 radical (unpaired) electrons. The zero-order chi connectivity index (χ0) is 19.5. The molecule has 0 aliphatic rings. The summed E-state index contributed by atoms with van der Waals surface area (Å²) in [7, 11) is 0. The fraction of sp³-hybridized carbons (Fsp3) is 0.0500. The molecule has 0 bridgehead atoms. The van der Waals surface area contributed by atoms with Crippen LogP contribution in [-0.2, 0) is 11.3 Å². The minimum Gasteiger partial charge on any atom is -0.334 e. The van der Waals surface area contributed by atoms with Crippen LogP contribution in [0.15, 0.2) is 71.4 Å². The van der Waals surface area contributed by atoms with Crippen molar-refractivity contribution >= 4 is 34.8 Å². The van der Waals surface area contributed by atoms with Gasteiger partial charge in [0, 0.05) is 27.5 Å². The van der Waals surface area contributed by atoms with Crippen LogP contribution in [0.3, 0.4) is 0 Å². The maximum absolute atomic E-state index is 12.4. The molecule has 2 aromatic heterocycles. The average molecular weight is 413 g/mol. The lowest BCUT2D eigenvalue weighted by molar-refractivity contribution is -0.116. The first-order chi connectivity index (χ1) is 13.6. The third-order valence-corrected chi connectivity index (χ3v) is 4.52. The summed E-state index contributed by atoms with van der Waals surface area (Å²) in [6.45, 7) is 0.101. The number of nitrogens with zero attached hydrogens (tertiary/aromatic N) is 3. The lowest BCUT2D eigenvalue weighted by Gasteiger charge is -2.08. The molecule has 0 saturated carbocycles. The number of benzene rings is 2. The highest BCUT2D eigenvalue weighted by atomic mass is 35.5. The monoisotopic (exact) mass is 412 g/mol. The third kappa shape index (κ3) is 4.08. The lowest BCUT2D eigenvalue weighted by Crippen LogP contribution is -2.18. The maximum Gasteiger partial charge on any atom is 0.274 e.